The van der Waals surface area contributed by atoms with Crippen LogP contribution in [-0.4, -0.2) is 37.5 Å². The zero-order valence-corrected chi connectivity index (χ0v) is 16.2. The van der Waals surface area contributed by atoms with Gasteiger partial charge in [-0.1, -0.05) is 60.2 Å². The van der Waals surface area contributed by atoms with Crippen molar-refractivity contribution in [1.29, 1.82) is 0 Å². The minimum absolute atomic E-state index is 0.186. The molecular weight excluding hydrogens is 346 g/mol. The summed E-state index contributed by atoms with van der Waals surface area (Å²) in [7, 11) is -3.56. The Hall–Kier alpha value is -1.95. The molecule has 2 aromatic rings. The van der Waals surface area contributed by atoms with E-state index in [-0.39, 0.29) is 18.2 Å². The summed E-state index contributed by atoms with van der Waals surface area (Å²) in [4.78, 5) is 0.329. The van der Waals surface area contributed by atoms with E-state index >= 15 is 0 Å². The Kier molecular flexibility index (Phi) is 5.61. The maximum absolute atomic E-state index is 13.1. The number of nitrogens with zero attached hydrogens (tertiary/aromatic N) is 1. The second kappa shape index (κ2) is 7.74. The van der Waals surface area contributed by atoms with Crippen LogP contribution in [0.15, 0.2) is 65.6 Å². The van der Waals surface area contributed by atoms with Crippen LogP contribution in [0.3, 0.4) is 0 Å². The molecule has 4 nitrogen and oxygen atoms in total. The molecule has 0 bridgehead atoms. The molecule has 1 aliphatic rings. The highest BCUT2D eigenvalue weighted by atomic mass is 32.2. The van der Waals surface area contributed by atoms with Crippen LogP contribution in [-0.2, 0) is 14.8 Å². The van der Waals surface area contributed by atoms with Gasteiger partial charge in [-0.2, -0.15) is 4.31 Å². The summed E-state index contributed by atoms with van der Waals surface area (Å²) >= 11 is 0. The third kappa shape index (κ3) is 4.06. The third-order valence-electron chi connectivity index (χ3n) is 4.81. The van der Waals surface area contributed by atoms with Gasteiger partial charge in [0.25, 0.3) is 0 Å². The Morgan fingerprint density at radius 1 is 1.04 bits per heavy atom. The van der Waals surface area contributed by atoms with Crippen molar-refractivity contribution in [3.05, 3.63) is 71.8 Å². The van der Waals surface area contributed by atoms with E-state index in [1.165, 1.54) is 0 Å². The molecule has 0 saturated carbocycles. The predicted octanol–water partition coefficient (Wildman–Crippen LogP) is 3.87. The second-order valence-corrected chi connectivity index (χ2v) is 8.67. The second-order valence-electron chi connectivity index (χ2n) is 6.78. The molecule has 0 unspecified atom stereocenters. The van der Waals surface area contributed by atoms with Gasteiger partial charge in [-0.05, 0) is 38.5 Å². The van der Waals surface area contributed by atoms with Crippen molar-refractivity contribution in [1.82, 2.24) is 4.31 Å². The van der Waals surface area contributed by atoms with Crippen LogP contribution < -0.4 is 0 Å². The highest BCUT2D eigenvalue weighted by molar-refractivity contribution is 7.89. The average molecular weight is 372 g/mol. The maximum atomic E-state index is 13.1. The molecule has 3 rings (SSSR count). The Bertz CT molecular complexity index is 860. The predicted molar refractivity (Wildman–Crippen MR) is 104 cm³/mol. The number of morpholine rings is 1. The van der Waals surface area contributed by atoms with Gasteiger partial charge in [0.15, 0.2) is 0 Å². The van der Waals surface area contributed by atoms with Crippen molar-refractivity contribution >= 4 is 16.1 Å². The molecule has 0 aliphatic carbocycles. The molecular formula is C21H25NO3S. The number of hydrogen-bond acceptors (Lipinski definition) is 3. The van der Waals surface area contributed by atoms with E-state index in [0.29, 0.717) is 11.4 Å². The normalized spacial score (nSPS) is 24.8. The van der Waals surface area contributed by atoms with Crippen molar-refractivity contribution in [2.75, 3.05) is 6.54 Å². The molecule has 1 heterocycles. The van der Waals surface area contributed by atoms with E-state index in [2.05, 4.69) is 0 Å². The Labute approximate surface area is 156 Å². The minimum Gasteiger partial charge on any atom is -0.368 e. The van der Waals surface area contributed by atoms with Crippen LogP contribution in [0, 0.1) is 6.92 Å². The number of benzene rings is 2. The van der Waals surface area contributed by atoms with Gasteiger partial charge in [0.05, 0.1) is 17.1 Å². The van der Waals surface area contributed by atoms with E-state index in [9.17, 15) is 8.42 Å². The zero-order chi connectivity index (χ0) is 18.7. The van der Waals surface area contributed by atoms with Crippen LogP contribution >= 0.6 is 0 Å². The molecule has 0 spiro atoms. The Balaban J connectivity index is 1.83. The number of rotatable bonds is 4. The van der Waals surface area contributed by atoms with Gasteiger partial charge in [-0.25, -0.2) is 8.42 Å². The summed E-state index contributed by atoms with van der Waals surface area (Å²) in [6, 6.07) is 16.7. The monoisotopic (exact) mass is 371 g/mol. The molecule has 0 amide bonds. The summed E-state index contributed by atoms with van der Waals surface area (Å²) in [5.74, 6) is 0. The summed E-state index contributed by atoms with van der Waals surface area (Å²) in [5.41, 5.74) is 2.10. The lowest BCUT2D eigenvalue weighted by molar-refractivity contribution is -0.0588. The van der Waals surface area contributed by atoms with Crippen molar-refractivity contribution < 1.29 is 13.2 Å². The van der Waals surface area contributed by atoms with Gasteiger partial charge in [0.2, 0.25) is 10.0 Å². The van der Waals surface area contributed by atoms with Crippen molar-refractivity contribution in [2.45, 2.75) is 43.9 Å². The minimum atomic E-state index is -3.56. The molecule has 0 aromatic heterocycles. The van der Waals surface area contributed by atoms with E-state index < -0.39 is 10.0 Å². The van der Waals surface area contributed by atoms with Gasteiger partial charge in [0, 0.05) is 12.6 Å². The first-order valence-corrected chi connectivity index (χ1v) is 10.3. The fourth-order valence-corrected chi connectivity index (χ4v) is 4.76. The lowest BCUT2D eigenvalue weighted by Gasteiger charge is -2.40. The lowest BCUT2D eigenvalue weighted by Crippen LogP contribution is -2.54. The van der Waals surface area contributed by atoms with Crippen molar-refractivity contribution in [3.63, 3.8) is 0 Å². The molecule has 1 aliphatic heterocycles. The molecule has 5 heteroatoms. The quantitative estimate of drug-likeness (QED) is 0.819. The molecule has 1 fully saturated rings. The Morgan fingerprint density at radius 2 is 1.69 bits per heavy atom. The standard InChI is InChI=1S/C21H25NO3S/c1-16-9-13-21(14-10-16)26(23,24)22-15-20(25-18(3)17(22)2)12-11-19-7-5-4-6-8-19/h4-14,17-18,20H,15H2,1-3H3/b12-11+/t17-,18+,20+/m1/s1. The summed E-state index contributed by atoms with van der Waals surface area (Å²) in [6.07, 6.45) is 3.45. The number of ether oxygens (including phenoxy) is 1. The van der Waals surface area contributed by atoms with E-state index in [0.717, 1.165) is 11.1 Å². The smallest absolute Gasteiger partial charge is 0.243 e. The SMILES string of the molecule is Cc1ccc(S(=O)(=O)N2C[C@H](/C=C/c3ccccc3)O[C@@H](C)[C@H]2C)cc1. The van der Waals surface area contributed by atoms with Crippen molar-refractivity contribution in [3.8, 4) is 0 Å². The van der Waals surface area contributed by atoms with E-state index in [1.807, 2.05) is 75.4 Å². The van der Waals surface area contributed by atoms with Crippen LogP contribution in [0.5, 0.6) is 0 Å². The first kappa shape index (κ1) is 18.8. The first-order valence-electron chi connectivity index (χ1n) is 8.85. The molecule has 0 radical (unpaired) electrons. The van der Waals surface area contributed by atoms with Gasteiger partial charge in [0.1, 0.15) is 0 Å². The fourth-order valence-electron chi connectivity index (χ4n) is 3.06. The zero-order valence-electron chi connectivity index (χ0n) is 15.4. The Morgan fingerprint density at radius 3 is 2.35 bits per heavy atom. The molecule has 0 N–H and O–H groups in total. The third-order valence-corrected chi connectivity index (χ3v) is 6.78. The topological polar surface area (TPSA) is 46.6 Å². The highest BCUT2D eigenvalue weighted by Crippen LogP contribution is 2.26. The van der Waals surface area contributed by atoms with E-state index in [1.54, 1.807) is 16.4 Å². The molecule has 138 valence electrons. The van der Waals surface area contributed by atoms with Gasteiger partial charge in [-0.15, -0.1) is 0 Å². The van der Waals surface area contributed by atoms with E-state index in [4.69, 9.17) is 4.74 Å². The fraction of sp³-hybridized carbons (Fsp3) is 0.333. The van der Waals surface area contributed by atoms with Crippen LogP contribution in [0.25, 0.3) is 6.08 Å². The highest BCUT2D eigenvalue weighted by Gasteiger charge is 2.38. The first-order chi connectivity index (χ1) is 12.4. The van der Waals surface area contributed by atoms with Gasteiger partial charge < -0.3 is 4.74 Å². The van der Waals surface area contributed by atoms with Crippen LogP contribution in [0.1, 0.15) is 25.0 Å². The summed E-state index contributed by atoms with van der Waals surface area (Å²) < 4.78 is 33.8. The summed E-state index contributed by atoms with van der Waals surface area (Å²) in [6.45, 7) is 6.07. The maximum Gasteiger partial charge on any atom is 0.243 e. The van der Waals surface area contributed by atoms with Crippen LogP contribution in [0.4, 0.5) is 0 Å². The lowest BCUT2D eigenvalue weighted by atomic mass is 10.1. The van der Waals surface area contributed by atoms with Crippen molar-refractivity contribution in [2.24, 2.45) is 0 Å². The molecule has 1 saturated heterocycles. The summed E-state index contributed by atoms with van der Waals surface area (Å²) in [5, 5.41) is 0. The molecule has 26 heavy (non-hydrogen) atoms. The molecule has 3 atom stereocenters. The number of hydrogen-bond donors (Lipinski definition) is 0. The molecule has 2 aromatic carbocycles. The largest absolute Gasteiger partial charge is 0.368 e. The number of aryl methyl sites for hydroxylation is 1. The van der Waals surface area contributed by atoms with Gasteiger partial charge in [-0.3, -0.25) is 0 Å². The van der Waals surface area contributed by atoms with Crippen LogP contribution in [0.2, 0.25) is 0 Å². The average Bonchev–Trinajstić information content (AvgIpc) is 2.63. The van der Waals surface area contributed by atoms with Gasteiger partial charge >= 0.3 is 0 Å². The number of sulfonamides is 1.